The number of benzene rings is 1. The van der Waals surface area contributed by atoms with Crippen LogP contribution in [0.1, 0.15) is 37.6 Å². The third kappa shape index (κ3) is 3.94. The lowest BCUT2D eigenvalue weighted by Gasteiger charge is -2.24. The molecule has 0 aliphatic rings. The average molecular weight is 300 g/mol. The first-order valence-corrected chi connectivity index (χ1v) is 7.68. The number of ether oxygens (including phenoxy) is 1. The predicted octanol–water partition coefficient (Wildman–Crippen LogP) is 1.26. The molecule has 0 aliphatic carbocycles. The smallest absolute Gasteiger partial charge is 0.251 e. The molecule has 20 heavy (non-hydrogen) atoms. The molecule has 0 atom stereocenters. The van der Waals surface area contributed by atoms with Crippen LogP contribution in [0.5, 0.6) is 5.75 Å². The van der Waals surface area contributed by atoms with Gasteiger partial charge in [0, 0.05) is 11.1 Å². The third-order valence-corrected chi connectivity index (χ3v) is 4.00. The van der Waals surface area contributed by atoms with E-state index in [2.05, 4.69) is 5.32 Å². The SMILES string of the molecule is CCC(C)(C)NC(=O)c1ccc(OC)c(S(N)(=O)=O)c1. The summed E-state index contributed by atoms with van der Waals surface area (Å²) in [6.07, 6.45) is 0.747. The number of carbonyl (C=O) groups excluding carboxylic acids is 1. The molecule has 0 radical (unpaired) electrons. The molecule has 0 aliphatic heterocycles. The van der Waals surface area contributed by atoms with Crippen molar-refractivity contribution in [2.75, 3.05) is 7.11 Å². The fourth-order valence-electron chi connectivity index (χ4n) is 1.51. The Labute approximate surface area is 119 Å². The van der Waals surface area contributed by atoms with E-state index in [9.17, 15) is 13.2 Å². The summed E-state index contributed by atoms with van der Waals surface area (Å²) in [6, 6.07) is 4.12. The van der Waals surface area contributed by atoms with Gasteiger partial charge in [-0.15, -0.1) is 0 Å². The molecule has 0 fully saturated rings. The maximum atomic E-state index is 12.1. The Hall–Kier alpha value is -1.60. The molecular weight excluding hydrogens is 280 g/mol. The Balaban J connectivity index is 3.19. The number of nitrogens with two attached hydrogens (primary N) is 1. The Morgan fingerprint density at radius 3 is 2.45 bits per heavy atom. The lowest BCUT2D eigenvalue weighted by Crippen LogP contribution is -2.42. The maximum Gasteiger partial charge on any atom is 0.251 e. The van der Waals surface area contributed by atoms with Gasteiger partial charge in [0.1, 0.15) is 10.6 Å². The lowest BCUT2D eigenvalue weighted by atomic mass is 10.0. The highest BCUT2D eigenvalue weighted by Crippen LogP contribution is 2.24. The Morgan fingerprint density at radius 1 is 1.40 bits per heavy atom. The maximum absolute atomic E-state index is 12.1. The van der Waals surface area contributed by atoms with Gasteiger partial charge in [0.15, 0.2) is 0 Å². The van der Waals surface area contributed by atoms with Crippen LogP contribution in [0.15, 0.2) is 23.1 Å². The summed E-state index contributed by atoms with van der Waals surface area (Å²) >= 11 is 0. The van der Waals surface area contributed by atoms with Gasteiger partial charge in [-0.05, 0) is 38.5 Å². The van der Waals surface area contributed by atoms with Gasteiger partial charge in [0.25, 0.3) is 5.91 Å². The van der Waals surface area contributed by atoms with E-state index in [1.807, 2.05) is 20.8 Å². The summed E-state index contributed by atoms with van der Waals surface area (Å²) in [7, 11) is -2.62. The molecule has 1 aromatic carbocycles. The van der Waals surface area contributed by atoms with E-state index in [1.54, 1.807) is 0 Å². The van der Waals surface area contributed by atoms with Crippen LogP contribution in [-0.4, -0.2) is 27.0 Å². The van der Waals surface area contributed by atoms with Gasteiger partial charge in [0.05, 0.1) is 7.11 Å². The van der Waals surface area contributed by atoms with Gasteiger partial charge >= 0.3 is 0 Å². The van der Waals surface area contributed by atoms with Crippen LogP contribution >= 0.6 is 0 Å². The average Bonchev–Trinajstić information content (AvgIpc) is 2.36. The molecule has 1 amide bonds. The van der Waals surface area contributed by atoms with Gasteiger partial charge < -0.3 is 10.1 Å². The second kappa shape index (κ2) is 5.80. The highest BCUT2D eigenvalue weighted by molar-refractivity contribution is 7.89. The summed E-state index contributed by atoms with van der Waals surface area (Å²) < 4.78 is 27.9. The molecular formula is C13H20N2O4S. The second-order valence-electron chi connectivity index (χ2n) is 5.10. The Kier molecular flexibility index (Phi) is 4.77. The first-order valence-electron chi connectivity index (χ1n) is 6.14. The highest BCUT2D eigenvalue weighted by Gasteiger charge is 2.22. The van der Waals surface area contributed by atoms with Crippen molar-refractivity contribution in [1.82, 2.24) is 5.32 Å². The van der Waals surface area contributed by atoms with Crippen LogP contribution in [0.25, 0.3) is 0 Å². The monoisotopic (exact) mass is 300 g/mol. The van der Waals surface area contributed by atoms with E-state index in [-0.39, 0.29) is 27.7 Å². The highest BCUT2D eigenvalue weighted by atomic mass is 32.2. The Morgan fingerprint density at radius 2 is 2.00 bits per heavy atom. The second-order valence-corrected chi connectivity index (χ2v) is 6.63. The van der Waals surface area contributed by atoms with E-state index in [1.165, 1.54) is 25.3 Å². The van der Waals surface area contributed by atoms with Gasteiger partial charge in [0.2, 0.25) is 10.0 Å². The number of primary sulfonamides is 1. The molecule has 0 heterocycles. The molecule has 0 spiro atoms. The normalized spacial score (nSPS) is 12.1. The largest absolute Gasteiger partial charge is 0.495 e. The van der Waals surface area contributed by atoms with E-state index < -0.39 is 10.0 Å². The van der Waals surface area contributed by atoms with E-state index >= 15 is 0 Å². The minimum atomic E-state index is -3.96. The van der Waals surface area contributed by atoms with Crippen molar-refractivity contribution in [3.63, 3.8) is 0 Å². The number of amides is 1. The number of sulfonamides is 1. The molecule has 0 saturated carbocycles. The van der Waals surface area contributed by atoms with E-state index in [4.69, 9.17) is 9.88 Å². The molecule has 6 nitrogen and oxygen atoms in total. The molecule has 1 rings (SSSR count). The van der Waals surface area contributed by atoms with Crippen molar-refractivity contribution in [2.24, 2.45) is 5.14 Å². The molecule has 0 unspecified atom stereocenters. The van der Waals surface area contributed by atoms with Crippen molar-refractivity contribution in [3.8, 4) is 5.75 Å². The fourth-order valence-corrected chi connectivity index (χ4v) is 2.23. The van der Waals surface area contributed by atoms with Crippen molar-refractivity contribution in [1.29, 1.82) is 0 Å². The molecule has 7 heteroatoms. The van der Waals surface area contributed by atoms with Crippen LogP contribution in [-0.2, 0) is 10.0 Å². The van der Waals surface area contributed by atoms with E-state index in [0.29, 0.717) is 0 Å². The summed E-state index contributed by atoms with van der Waals surface area (Å²) in [5.74, 6) is -0.247. The summed E-state index contributed by atoms with van der Waals surface area (Å²) in [4.78, 5) is 11.9. The molecule has 0 bridgehead atoms. The fraction of sp³-hybridized carbons (Fsp3) is 0.462. The minimum Gasteiger partial charge on any atom is -0.495 e. The predicted molar refractivity (Wildman–Crippen MR) is 76.2 cm³/mol. The number of carbonyl (C=O) groups is 1. The zero-order chi connectivity index (χ0) is 15.6. The van der Waals surface area contributed by atoms with Gasteiger partial charge in [-0.25, -0.2) is 13.6 Å². The van der Waals surface area contributed by atoms with Crippen LogP contribution < -0.4 is 15.2 Å². The van der Waals surface area contributed by atoms with Crippen molar-refractivity contribution >= 4 is 15.9 Å². The standard InChI is InChI=1S/C13H20N2O4S/c1-5-13(2,3)15-12(16)9-6-7-10(19-4)11(8-9)20(14,17)18/h6-8H,5H2,1-4H3,(H,15,16)(H2,14,17,18). The first kappa shape index (κ1) is 16.5. The number of methoxy groups -OCH3 is 1. The van der Waals surface area contributed by atoms with Crippen LogP contribution in [0.2, 0.25) is 0 Å². The topological polar surface area (TPSA) is 98.5 Å². The number of hydrogen-bond acceptors (Lipinski definition) is 4. The van der Waals surface area contributed by atoms with E-state index in [0.717, 1.165) is 6.42 Å². The number of hydrogen-bond donors (Lipinski definition) is 2. The zero-order valence-corrected chi connectivity index (χ0v) is 12.9. The Bertz CT molecular complexity index is 609. The lowest BCUT2D eigenvalue weighted by molar-refractivity contribution is 0.0911. The number of rotatable bonds is 5. The molecule has 0 aromatic heterocycles. The van der Waals surface area contributed by atoms with Crippen molar-refractivity contribution in [2.45, 2.75) is 37.6 Å². The van der Waals surface area contributed by atoms with Gasteiger partial charge in [-0.1, -0.05) is 6.92 Å². The van der Waals surface area contributed by atoms with Crippen molar-refractivity contribution < 1.29 is 17.9 Å². The zero-order valence-electron chi connectivity index (χ0n) is 12.1. The van der Waals surface area contributed by atoms with Gasteiger partial charge in [-0.2, -0.15) is 0 Å². The molecule has 0 saturated heterocycles. The summed E-state index contributed by atoms with van der Waals surface area (Å²) in [5.41, 5.74) is -0.157. The first-order chi connectivity index (χ1) is 9.10. The molecule has 1 aromatic rings. The minimum absolute atomic E-state index is 0.110. The van der Waals surface area contributed by atoms with Crippen LogP contribution in [0, 0.1) is 0 Å². The van der Waals surface area contributed by atoms with Gasteiger partial charge in [-0.3, -0.25) is 4.79 Å². The van der Waals surface area contributed by atoms with Crippen LogP contribution in [0.3, 0.4) is 0 Å². The third-order valence-electron chi connectivity index (χ3n) is 3.07. The van der Waals surface area contributed by atoms with Crippen LogP contribution in [0.4, 0.5) is 0 Å². The quantitative estimate of drug-likeness (QED) is 0.855. The number of nitrogens with one attached hydrogen (secondary N) is 1. The molecule has 112 valence electrons. The summed E-state index contributed by atoms with van der Waals surface area (Å²) in [6.45, 7) is 5.72. The van der Waals surface area contributed by atoms with Crippen molar-refractivity contribution in [3.05, 3.63) is 23.8 Å². The molecule has 3 N–H and O–H groups in total. The summed E-state index contributed by atoms with van der Waals surface area (Å²) in [5, 5.41) is 7.94.